The molecular formula is C15H25NS2. The first-order valence-electron chi connectivity index (χ1n) is 7.13. The molecule has 1 fully saturated rings. The molecule has 0 amide bonds. The van der Waals surface area contributed by atoms with Crippen LogP contribution in [0.25, 0.3) is 0 Å². The van der Waals surface area contributed by atoms with Crippen molar-refractivity contribution in [2.45, 2.75) is 51.1 Å². The molecule has 0 radical (unpaired) electrons. The third-order valence-corrected chi connectivity index (χ3v) is 5.69. The van der Waals surface area contributed by atoms with Crippen molar-refractivity contribution in [1.29, 1.82) is 0 Å². The van der Waals surface area contributed by atoms with Crippen LogP contribution in [0, 0.1) is 5.92 Å². The quantitative estimate of drug-likeness (QED) is 0.777. The Morgan fingerprint density at radius 1 is 1.44 bits per heavy atom. The minimum absolute atomic E-state index is 0.601. The Morgan fingerprint density at radius 3 is 2.78 bits per heavy atom. The molecule has 3 heteroatoms. The van der Waals surface area contributed by atoms with Crippen molar-refractivity contribution in [3.63, 3.8) is 0 Å². The highest BCUT2D eigenvalue weighted by Gasteiger charge is 2.28. The number of hydrogen-bond donors (Lipinski definition) is 1. The van der Waals surface area contributed by atoms with E-state index in [0.29, 0.717) is 12.1 Å². The molecule has 2 unspecified atom stereocenters. The maximum atomic E-state index is 3.94. The van der Waals surface area contributed by atoms with Crippen molar-refractivity contribution < 1.29 is 0 Å². The van der Waals surface area contributed by atoms with Crippen LogP contribution < -0.4 is 5.32 Å². The Balaban J connectivity index is 2.04. The molecule has 2 atom stereocenters. The lowest BCUT2D eigenvalue weighted by atomic mass is 9.95. The van der Waals surface area contributed by atoms with Gasteiger partial charge in [-0.05, 0) is 42.9 Å². The van der Waals surface area contributed by atoms with Crippen LogP contribution >= 0.6 is 23.1 Å². The minimum atomic E-state index is 0.601. The summed E-state index contributed by atoms with van der Waals surface area (Å²) in [5.74, 6) is 2.09. The van der Waals surface area contributed by atoms with Gasteiger partial charge in [-0.3, -0.25) is 0 Å². The number of hydrogen-bond acceptors (Lipinski definition) is 3. The van der Waals surface area contributed by atoms with E-state index in [1.54, 1.807) is 4.88 Å². The summed E-state index contributed by atoms with van der Waals surface area (Å²) in [6.45, 7) is 2.30. The summed E-state index contributed by atoms with van der Waals surface area (Å²) in [7, 11) is 0. The fraction of sp³-hybridized carbons (Fsp3) is 0.733. The van der Waals surface area contributed by atoms with Gasteiger partial charge in [0.25, 0.3) is 0 Å². The third-order valence-electron chi connectivity index (χ3n) is 4.00. The lowest BCUT2D eigenvalue weighted by Gasteiger charge is -2.28. The third kappa shape index (κ3) is 3.75. The second-order valence-corrected chi connectivity index (χ2v) is 7.15. The molecule has 18 heavy (non-hydrogen) atoms. The van der Waals surface area contributed by atoms with Crippen LogP contribution in [0.3, 0.4) is 0 Å². The molecule has 1 heterocycles. The Kier molecular flexibility index (Phi) is 6.06. The van der Waals surface area contributed by atoms with Crippen molar-refractivity contribution >= 4 is 23.1 Å². The van der Waals surface area contributed by atoms with Crippen LogP contribution in [0.2, 0.25) is 0 Å². The van der Waals surface area contributed by atoms with Gasteiger partial charge in [-0.1, -0.05) is 25.8 Å². The van der Waals surface area contributed by atoms with Gasteiger partial charge in [0, 0.05) is 22.7 Å². The van der Waals surface area contributed by atoms with Gasteiger partial charge in [-0.2, -0.15) is 11.8 Å². The van der Waals surface area contributed by atoms with Gasteiger partial charge in [0.1, 0.15) is 0 Å². The van der Waals surface area contributed by atoms with Crippen LogP contribution in [0.4, 0.5) is 0 Å². The van der Waals surface area contributed by atoms with E-state index >= 15 is 0 Å². The van der Waals surface area contributed by atoms with E-state index in [4.69, 9.17) is 0 Å². The molecule has 102 valence electrons. The van der Waals surface area contributed by atoms with Gasteiger partial charge in [0.2, 0.25) is 0 Å². The van der Waals surface area contributed by atoms with Crippen LogP contribution in [-0.2, 0) is 0 Å². The predicted octanol–water partition coefficient (Wildman–Crippen LogP) is 4.71. The van der Waals surface area contributed by atoms with Gasteiger partial charge in [-0.15, -0.1) is 11.3 Å². The molecule has 1 aliphatic carbocycles. The van der Waals surface area contributed by atoms with E-state index < -0.39 is 0 Å². The second-order valence-electron chi connectivity index (χ2n) is 5.26. The maximum Gasteiger partial charge on any atom is 0.0445 e. The van der Waals surface area contributed by atoms with E-state index in [9.17, 15) is 0 Å². The molecule has 1 nitrogen and oxygen atoms in total. The maximum absolute atomic E-state index is 3.94. The van der Waals surface area contributed by atoms with Gasteiger partial charge in [0.15, 0.2) is 0 Å². The van der Waals surface area contributed by atoms with Crippen LogP contribution in [0.15, 0.2) is 17.5 Å². The summed E-state index contributed by atoms with van der Waals surface area (Å²) in [5, 5.41) is 6.16. The first kappa shape index (κ1) is 14.4. The molecule has 0 saturated heterocycles. The number of thioether (sulfide) groups is 1. The average Bonchev–Trinajstić information content (AvgIpc) is 3.06. The first-order chi connectivity index (χ1) is 8.85. The zero-order chi connectivity index (χ0) is 12.8. The summed E-state index contributed by atoms with van der Waals surface area (Å²) in [6, 6.07) is 5.77. The van der Waals surface area contributed by atoms with E-state index in [2.05, 4.69) is 36.0 Å². The predicted molar refractivity (Wildman–Crippen MR) is 84.6 cm³/mol. The Bertz CT molecular complexity index is 317. The van der Waals surface area contributed by atoms with E-state index in [1.807, 2.05) is 23.1 Å². The highest BCUT2D eigenvalue weighted by atomic mass is 32.2. The van der Waals surface area contributed by atoms with Gasteiger partial charge in [-0.25, -0.2) is 0 Å². The van der Waals surface area contributed by atoms with E-state index in [0.717, 1.165) is 5.92 Å². The monoisotopic (exact) mass is 283 g/mol. The zero-order valence-electron chi connectivity index (χ0n) is 11.5. The molecule has 2 rings (SSSR count). The zero-order valence-corrected chi connectivity index (χ0v) is 13.2. The molecule has 0 aromatic carbocycles. The van der Waals surface area contributed by atoms with Crippen molar-refractivity contribution in [2.24, 2.45) is 5.92 Å². The summed E-state index contributed by atoms with van der Waals surface area (Å²) in [6.07, 6.45) is 9.10. The number of nitrogens with one attached hydrogen (secondary N) is 1. The highest BCUT2D eigenvalue weighted by Crippen LogP contribution is 2.37. The molecule has 0 bridgehead atoms. The fourth-order valence-corrected chi connectivity index (χ4v) is 4.56. The Morgan fingerprint density at radius 2 is 2.22 bits per heavy atom. The smallest absolute Gasteiger partial charge is 0.0445 e. The summed E-state index contributed by atoms with van der Waals surface area (Å²) >= 11 is 3.88. The molecule has 1 aliphatic rings. The number of rotatable bonds is 7. The summed E-state index contributed by atoms with van der Waals surface area (Å²) < 4.78 is 0. The Labute approximate surface area is 120 Å². The SMILES string of the molecule is CCC(CSC)NC(c1cccs1)C1CCCC1. The molecule has 0 spiro atoms. The average molecular weight is 284 g/mol. The molecular weight excluding hydrogens is 258 g/mol. The molecule has 1 N–H and O–H groups in total. The lowest BCUT2D eigenvalue weighted by molar-refractivity contribution is 0.338. The van der Waals surface area contributed by atoms with Gasteiger partial charge in [0.05, 0.1) is 0 Å². The van der Waals surface area contributed by atoms with Crippen molar-refractivity contribution in [2.75, 3.05) is 12.0 Å². The lowest BCUT2D eigenvalue weighted by Crippen LogP contribution is -2.37. The van der Waals surface area contributed by atoms with E-state index in [1.165, 1.54) is 37.9 Å². The van der Waals surface area contributed by atoms with Crippen LogP contribution in [0.1, 0.15) is 49.9 Å². The van der Waals surface area contributed by atoms with Crippen molar-refractivity contribution in [3.05, 3.63) is 22.4 Å². The summed E-state index contributed by atoms with van der Waals surface area (Å²) in [4.78, 5) is 1.54. The van der Waals surface area contributed by atoms with Crippen molar-refractivity contribution in [3.8, 4) is 0 Å². The summed E-state index contributed by atoms with van der Waals surface area (Å²) in [5.41, 5.74) is 0. The highest BCUT2D eigenvalue weighted by molar-refractivity contribution is 7.98. The van der Waals surface area contributed by atoms with E-state index in [-0.39, 0.29) is 0 Å². The largest absolute Gasteiger partial charge is 0.305 e. The Hall–Kier alpha value is 0.01000. The minimum Gasteiger partial charge on any atom is -0.305 e. The molecule has 1 saturated carbocycles. The fourth-order valence-electron chi connectivity index (χ4n) is 2.95. The van der Waals surface area contributed by atoms with Gasteiger partial charge >= 0.3 is 0 Å². The normalized spacial score (nSPS) is 20.1. The molecule has 0 aliphatic heterocycles. The van der Waals surface area contributed by atoms with Crippen LogP contribution in [0.5, 0.6) is 0 Å². The molecule has 1 aromatic heterocycles. The standard InChI is InChI=1S/C15H25NS2/c1-3-13(11-17-2)16-15(12-7-4-5-8-12)14-9-6-10-18-14/h6,9-10,12-13,15-16H,3-5,7-8,11H2,1-2H3. The topological polar surface area (TPSA) is 12.0 Å². The second kappa shape index (κ2) is 7.56. The molecule has 1 aromatic rings. The first-order valence-corrected chi connectivity index (χ1v) is 9.41. The number of thiophene rings is 1. The van der Waals surface area contributed by atoms with Crippen molar-refractivity contribution in [1.82, 2.24) is 5.32 Å². The van der Waals surface area contributed by atoms with Gasteiger partial charge < -0.3 is 5.32 Å². The van der Waals surface area contributed by atoms with Crippen LogP contribution in [-0.4, -0.2) is 18.1 Å².